The molecule has 224 valence electrons. The lowest BCUT2D eigenvalue weighted by atomic mass is 10.0. The van der Waals surface area contributed by atoms with E-state index in [1.54, 1.807) is 36.4 Å². The lowest BCUT2D eigenvalue weighted by Gasteiger charge is -2.08. The van der Waals surface area contributed by atoms with Gasteiger partial charge in [0.05, 0.1) is 34.4 Å². The molecule has 0 saturated heterocycles. The van der Waals surface area contributed by atoms with Gasteiger partial charge >= 0.3 is 0 Å². The molecule has 8 nitrogen and oxygen atoms in total. The van der Waals surface area contributed by atoms with Crippen LogP contribution in [0.3, 0.4) is 0 Å². The van der Waals surface area contributed by atoms with Crippen molar-refractivity contribution in [1.29, 1.82) is 10.8 Å². The van der Waals surface area contributed by atoms with E-state index >= 15 is 0 Å². The minimum atomic E-state index is -0.499. The van der Waals surface area contributed by atoms with Crippen LogP contribution in [0.15, 0.2) is 82.4 Å². The van der Waals surface area contributed by atoms with Crippen LogP contribution in [-0.4, -0.2) is 13.2 Å². The van der Waals surface area contributed by atoms with E-state index in [1.807, 2.05) is 24.3 Å². The first kappa shape index (κ1) is 30.2. The minimum absolute atomic E-state index is 0.0229. The quantitative estimate of drug-likeness (QED) is 0.184. The van der Waals surface area contributed by atoms with Gasteiger partial charge in [-0.2, -0.15) is 0 Å². The Hall–Kier alpha value is -5.24. The highest BCUT2D eigenvalue weighted by molar-refractivity contribution is 5.64. The molecule has 0 fully saturated rings. The Morgan fingerprint density at radius 3 is 1.30 bits per heavy atom. The Labute approximate surface area is 253 Å². The van der Waals surface area contributed by atoms with Crippen molar-refractivity contribution in [1.82, 2.24) is 0 Å². The normalized spacial score (nSPS) is 12.8. The van der Waals surface area contributed by atoms with Gasteiger partial charge in [-0.05, 0) is 96.8 Å². The van der Waals surface area contributed by atoms with E-state index in [9.17, 15) is 9.59 Å². The molecule has 0 unspecified atom stereocenters. The zero-order valence-electron chi connectivity index (χ0n) is 25.0. The molecule has 0 heterocycles. The summed E-state index contributed by atoms with van der Waals surface area (Å²) in [7, 11) is 0. The number of benzene rings is 2. The molecule has 8 heteroatoms. The summed E-state index contributed by atoms with van der Waals surface area (Å²) in [5.74, 6) is 1.45. The fourth-order valence-electron chi connectivity index (χ4n) is 5.21. The van der Waals surface area contributed by atoms with Crippen LogP contribution >= 0.6 is 0 Å². The van der Waals surface area contributed by atoms with Crippen molar-refractivity contribution < 1.29 is 9.47 Å². The van der Waals surface area contributed by atoms with Crippen molar-refractivity contribution in [3.63, 3.8) is 0 Å². The summed E-state index contributed by atoms with van der Waals surface area (Å²) in [5.41, 5.74) is 13.9. The fraction of sp³-hybridized carbons (Fsp3) is 0.222. The number of rotatable bonds is 10. The molecular formula is C36H36N4O4. The Kier molecular flexibility index (Phi) is 8.90. The van der Waals surface area contributed by atoms with Gasteiger partial charge in [-0.15, -0.1) is 0 Å². The average molecular weight is 589 g/mol. The van der Waals surface area contributed by atoms with E-state index in [-0.39, 0.29) is 31.6 Å². The molecule has 44 heavy (non-hydrogen) atoms. The van der Waals surface area contributed by atoms with Crippen LogP contribution in [0.2, 0.25) is 0 Å². The van der Waals surface area contributed by atoms with E-state index in [1.165, 1.54) is 12.1 Å². The lowest BCUT2D eigenvalue weighted by Crippen LogP contribution is -2.39. The van der Waals surface area contributed by atoms with Crippen LogP contribution in [0.25, 0.3) is 11.4 Å². The summed E-state index contributed by atoms with van der Waals surface area (Å²) in [5, 5.41) is 18.3. The minimum Gasteiger partial charge on any atom is -0.494 e. The fourth-order valence-corrected chi connectivity index (χ4v) is 5.21. The average Bonchev–Trinajstić information content (AvgIpc) is 3.03. The Morgan fingerprint density at radius 2 is 0.955 bits per heavy atom. The number of ether oxygens (including phenoxy) is 2. The Bertz CT molecular complexity index is 2130. The third-order valence-electron chi connectivity index (χ3n) is 7.80. The van der Waals surface area contributed by atoms with Crippen LogP contribution in [0.1, 0.15) is 50.7 Å². The maximum atomic E-state index is 13.7. The lowest BCUT2D eigenvalue weighted by molar-refractivity contribution is 0.309. The highest BCUT2D eigenvalue weighted by Gasteiger charge is 2.12. The Balaban J connectivity index is 1.64. The second-order valence-electron chi connectivity index (χ2n) is 10.8. The van der Waals surface area contributed by atoms with Gasteiger partial charge in [0.15, 0.2) is 10.9 Å². The standard InChI is InChI=1S/C36H36N4O4/c1-3-5-19-43-23-11-7-21(8-12-23)31(37)27-17-15-25-29(33(27)39)35(41)26-16-18-28(34(40)30(26)36(25)42)32(38)22-9-13-24(14-10-22)44-20-6-4-2/h7-18,39-40H,3-6,19-20,37-38H2,1-2H3. The van der Waals surface area contributed by atoms with Crippen molar-refractivity contribution in [3.05, 3.63) is 146 Å². The first-order valence-electron chi connectivity index (χ1n) is 14.8. The topological polar surface area (TPSA) is 152 Å². The van der Waals surface area contributed by atoms with Gasteiger partial charge < -0.3 is 20.9 Å². The van der Waals surface area contributed by atoms with E-state index in [2.05, 4.69) is 13.8 Å². The first-order valence-corrected chi connectivity index (χ1v) is 14.8. The smallest absolute Gasteiger partial charge is 0.196 e. The first-order chi connectivity index (χ1) is 21.3. The molecule has 0 atom stereocenters. The molecule has 2 aromatic rings. The second kappa shape index (κ2) is 13.0. The van der Waals surface area contributed by atoms with Crippen LogP contribution in [-0.2, 0) is 0 Å². The maximum absolute atomic E-state index is 13.7. The van der Waals surface area contributed by atoms with Gasteiger partial charge in [0.25, 0.3) is 0 Å². The van der Waals surface area contributed by atoms with Gasteiger partial charge in [0, 0.05) is 32.3 Å². The van der Waals surface area contributed by atoms with Crippen LogP contribution < -0.4 is 53.0 Å². The summed E-state index contributed by atoms with van der Waals surface area (Å²) in [4.78, 5) is 27.5. The molecular weight excluding hydrogens is 552 g/mol. The second-order valence-corrected chi connectivity index (χ2v) is 10.8. The van der Waals surface area contributed by atoms with Crippen LogP contribution in [0, 0.1) is 31.7 Å². The molecule has 0 spiro atoms. The number of nitrogens with two attached hydrogens (primary N) is 2. The van der Waals surface area contributed by atoms with E-state index < -0.39 is 10.9 Å². The molecule has 0 bridgehead atoms. The number of hydrogen-bond acceptors (Lipinski definition) is 8. The number of unbranched alkanes of at least 4 members (excludes halogenated alkanes) is 2. The summed E-state index contributed by atoms with van der Waals surface area (Å²) < 4.78 is 11.4. The Morgan fingerprint density at radius 1 is 0.591 bits per heavy atom. The van der Waals surface area contributed by atoms with Crippen molar-refractivity contribution >= 4 is 11.4 Å². The summed E-state index contributed by atoms with van der Waals surface area (Å²) in [6.45, 7) is 5.45. The molecule has 0 amide bonds. The molecule has 6 N–H and O–H groups in total. The van der Waals surface area contributed by atoms with Gasteiger partial charge in [-0.1, -0.05) is 26.7 Å². The van der Waals surface area contributed by atoms with E-state index in [4.69, 9.17) is 31.8 Å². The van der Waals surface area contributed by atoms with E-state index in [0.29, 0.717) is 46.2 Å². The molecule has 3 aliphatic rings. The summed E-state index contributed by atoms with van der Waals surface area (Å²) in [6.07, 6.45) is 3.99. The summed E-state index contributed by atoms with van der Waals surface area (Å²) in [6, 6.07) is 20.7. The van der Waals surface area contributed by atoms with Crippen LogP contribution in [0.4, 0.5) is 0 Å². The molecule has 0 aromatic heterocycles. The van der Waals surface area contributed by atoms with Crippen molar-refractivity contribution in [3.8, 4) is 11.5 Å². The molecule has 2 aromatic carbocycles. The van der Waals surface area contributed by atoms with Gasteiger partial charge in [-0.25, -0.2) is 0 Å². The van der Waals surface area contributed by atoms with Gasteiger partial charge in [0.2, 0.25) is 0 Å². The largest absolute Gasteiger partial charge is 0.494 e. The van der Waals surface area contributed by atoms with Gasteiger partial charge in [-0.3, -0.25) is 20.4 Å². The van der Waals surface area contributed by atoms with Crippen molar-refractivity contribution in [2.45, 2.75) is 39.5 Å². The highest BCUT2D eigenvalue weighted by atomic mass is 16.5. The SMILES string of the molecule is CCCCOc1ccc(C(N)=c2ccc3c(=O)c4c(=N)c(=C(N)c5ccc(OCCCC)cc5)ccc=4c(=O)c=3c2=N)cc1. The predicted octanol–water partition coefficient (Wildman–Crippen LogP) is 2.28. The molecule has 0 radical (unpaired) electrons. The number of hydrogen-bond donors (Lipinski definition) is 4. The third kappa shape index (κ3) is 5.71. The van der Waals surface area contributed by atoms with Crippen LogP contribution in [0.5, 0.6) is 11.5 Å². The summed E-state index contributed by atoms with van der Waals surface area (Å²) >= 11 is 0. The maximum Gasteiger partial charge on any atom is 0.196 e. The van der Waals surface area contributed by atoms with Crippen molar-refractivity contribution in [2.24, 2.45) is 11.5 Å². The zero-order chi connectivity index (χ0) is 31.4. The van der Waals surface area contributed by atoms with Gasteiger partial charge in [0.1, 0.15) is 11.5 Å². The predicted molar refractivity (Wildman–Crippen MR) is 170 cm³/mol. The number of nitrogens with one attached hydrogen (secondary N) is 2. The van der Waals surface area contributed by atoms with Crippen molar-refractivity contribution in [2.75, 3.05) is 13.2 Å². The molecule has 3 aliphatic carbocycles. The zero-order valence-corrected chi connectivity index (χ0v) is 25.0. The molecule has 5 rings (SSSR count). The van der Waals surface area contributed by atoms with E-state index in [0.717, 1.165) is 37.2 Å². The highest BCUT2D eigenvalue weighted by Crippen LogP contribution is 2.16. The molecule has 0 aliphatic heterocycles. The molecule has 0 saturated carbocycles. The third-order valence-corrected chi connectivity index (χ3v) is 7.80. The monoisotopic (exact) mass is 588 g/mol.